The van der Waals surface area contributed by atoms with Gasteiger partial charge in [-0.15, -0.1) is 0 Å². The number of carbonyl (C=O) groups is 1. The third kappa shape index (κ3) is 5.55. The van der Waals surface area contributed by atoms with Crippen LogP contribution in [0.3, 0.4) is 0 Å². The lowest BCUT2D eigenvalue weighted by atomic mass is 9.99. The maximum atomic E-state index is 12.6. The summed E-state index contributed by atoms with van der Waals surface area (Å²) in [4.78, 5) is 15.1. The summed E-state index contributed by atoms with van der Waals surface area (Å²) in [6.07, 6.45) is 3.40. The van der Waals surface area contributed by atoms with E-state index in [1.807, 2.05) is 13.8 Å². The van der Waals surface area contributed by atoms with Gasteiger partial charge in [-0.2, -0.15) is 4.31 Å². The average molecular weight is 410 g/mol. The Bertz CT molecular complexity index is 758. The van der Waals surface area contributed by atoms with Gasteiger partial charge in [0.25, 0.3) is 0 Å². The van der Waals surface area contributed by atoms with Crippen LogP contribution < -0.4 is 5.32 Å². The molecule has 1 aromatic rings. The van der Waals surface area contributed by atoms with Gasteiger partial charge in [0.05, 0.1) is 11.4 Å². The highest BCUT2D eigenvalue weighted by atomic mass is 32.2. The first-order valence-electron chi connectivity index (χ1n) is 10.2. The van der Waals surface area contributed by atoms with Crippen LogP contribution in [0.25, 0.3) is 0 Å². The van der Waals surface area contributed by atoms with Crippen LogP contribution in [-0.4, -0.2) is 55.2 Å². The second-order valence-corrected chi connectivity index (χ2v) is 10.2. The molecule has 1 N–H and O–H groups in total. The van der Waals surface area contributed by atoms with E-state index in [1.54, 1.807) is 31.3 Å². The molecule has 0 saturated heterocycles. The van der Waals surface area contributed by atoms with Crippen molar-refractivity contribution in [3.05, 3.63) is 24.3 Å². The van der Waals surface area contributed by atoms with Gasteiger partial charge in [-0.1, -0.05) is 20.3 Å². The zero-order chi connectivity index (χ0) is 21.1. The average Bonchev–Trinajstić information content (AvgIpc) is 3.49. The Hall–Kier alpha value is -1.44. The minimum atomic E-state index is -3.52. The van der Waals surface area contributed by atoms with E-state index in [1.165, 1.54) is 4.31 Å². The number of carbonyl (C=O) groups excluding carboxylic acids is 1. The third-order valence-electron chi connectivity index (χ3n) is 5.87. The van der Waals surface area contributed by atoms with E-state index in [0.29, 0.717) is 30.2 Å². The molecule has 2 rings (SSSR count). The van der Waals surface area contributed by atoms with Crippen molar-refractivity contribution in [2.24, 2.45) is 5.92 Å². The second-order valence-electron chi connectivity index (χ2n) is 8.22. The van der Waals surface area contributed by atoms with Crippen molar-refractivity contribution < 1.29 is 13.2 Å². The zero-order valence-electron chi connectivity index (χ0n) is 18.0. The summed E-state index contributed by atoms with van der Waals surface area (Å²) in [6, 6.07) is 7.15. The molecule has 1 aliphatic rings. The van der Waals surface area contributed by atoms with Gasteiger partial charge in [0, 0.05) is 30.9 Å². The quantitative estimate of drug-likeness (QED) is 0.642. The molecule has 6 nitrogen and oxygen atoms in total. The molecule has 158 valence electrons. The molecule has 1 aliphatic carbocycles. The Labute approximate surface area is 170 Å². The van der Waals surface area contributed by atoms with E-state index < -0.39 is 10.0 Å². The van der Waals surface area contributed by atoms with E-state index in [0.717, 1.165) is 19.3 Å². The van der Waals surface area contributed by atoms with Crippen LogP contribution in [0.1, 0.15) is 53.9 Å². The Kier molecular flexibility index (Phi) is 7.65. The molecule has 1 amide bonds. The summed E-state index contributed by atoms with van der Waals surface area (Å²) in [5.74, 6) is 0.479. The molecule has 1 fully saturated rings. The number of anilines is 1. The molecule has 2 unspecified atom stereocenters. The van der Waals surface area contributed by atoms with Gasteiger partial charge in [-0.3, -0.25) is 9.69 Å². The summed E-state index contributed by atoms with van der Waals surface area (Å²) >= 11 is 0. The number of benzene rings is 1. The van der Waals surface area contributed by atoms with Crippen molar-refractivity contribution in [1.82, 2.24) is 9.21 Å². The lowest BCUT2D eigenvalue weighted by molar-refractivity contribution is -0.118. The fourth-order valence-electron chi connectivity index (χ4n) is 3.20. The van der Waals surface area contributed by atoms with Gasteiger partial charge in [-0.05, 0) is 63.8 Å². The molecule has 7 heteroatoms. The predicted octanol–water partition coefficient (Wildman–Crippen LogP) is 3.55. The number of hydrogen-bond acceptors (Lipinski definition) is 4. The highest BCUT2D eigenvalue weighted by Gasteiger charge is 2.35. The highest BCUT2D eigenvalue weighted by Crippen LogP contribution is 2.31. The maximum absolute atomic E-state index is 12.6. The molecule has 0 spiro atoms. The Balaban J connectivity index is 2.02. The van der Waals surface area contributed by atoms with Crippen molar-refractivity contribution >= 4 is 21.6 Å². The van der Waals surface area contributed by atoms with E-state index >= 15 is 0 Å². The molecular weight excluding hydrogens is 374 g/mol. The normalized spacial score (nSPS) is 17.2. The van der Waals surface area contributed by atoms with Crippen LogP contribution in [-0.2, 0) is 14.8 Å². The molecule has 1 aromatic carbocycles. The van der Waals surface area contributed by atoms with E-state index in [4.69, 9.17) is 0 Å². The summed E-state index contributed by atoms with van der Waals surface area (Å²) in [6.45, 7) is 10.6. The first-order chi connectivity index (χ1) is 13.1. The predicted molar refractivity (Wildman–Crippen MR) is 114 cm³/mol. The number of nitrogens with one attached hydrogen (secondary N) is 1. The maximum Gasteiger partial charge on any atom is 0.243 e. The number of amides is 1. The Morgan fingerprint density at radius 3 is 2.18 bits per heavy atom. The van der Waals surface area contributed by atoms with Gasteiger partial charge in [0.15, 0.2) is 0 Å². The first-order valence-corrected chi connectivity index (χ1v) is 11.7. The van der Waals surface area contributed by atoms with Gasteiger partial charge in [0.2, 0.25) is 15.9 Å². The molecule has 1 saturated carbocycles. The van der Waals surface area contributed by atoms with Gasteiger partial charge >= 0.3 is 0 Å². The number of sulfonamides is 1. The van der Waals surface area contributed by atoms with Crippen LogP contribution >= 0.6 is 0 Å². The van der Waals surface area contributed by atoms with Crippen molar-refractivity contribution in [2.45, 2.75) is 76.9 Å². The largest absolute Gasteiger partial charge is 0.325 e. The SMILES string of the molecule is CCC(C)C(C)N(CC(=O)Nc1ccc(S(=O)(=O)N(C)C(C)C)cc1)C1CC1. The third-order valence-corrected chi connectivity index (χ3v) is 7.92. The summed E-state index contributed by atoms with van der Waals surface area (Å²) in [7, 11) is -1.95. The van der Waals surface area contributed by atoms with E-state index in [-0.39, 0.29) is 16.8 Å². The molecular formula is C21H35N3O3S. The van der Waals surface area contributed by atoms with Crippen molar-refractivity contribution in [2.75, 3.05) is 18.9 Å². The molecule has 28 heavy (non-hydrogen) atoms. The van der Waals surface area contributed by atoms with Crippen molar-refractivity contribution in [1.29, 1.82) is 0 Å². The first kappa shape index (κ1) is 22.8. The van der Waals surface area contributed by atoms with E-state index in [2.05, 4.69) is 31.0 Å². The monoisotopic (exact) mass is 409 g/mol. The molecule has 0 heterocycles. The smallest absolute Gasteiger partial charge is 0.243 e. The van der Waals surface area contributed by atoms with E-state index in [9.17, 15) is 13.2 Å². The topological polar surface area (TPSA) is 69.7 Å². The van der Waals surface area contributed by atoms with Crippen molar-refractivity contribution in [3.63, 3.8) is 0 Å². The highest BCUT2D eigenvalue weighted by molar-refractivity contribution is 7.89. The van der Waals surface area contributed by atoms with Crippen LogP contribution in [0, 0.1) is 5.92 Å². The molecule has 2 atom stereocenters. The summed E-state index contributed by atoms with van der Waals surface area (Å²) in [5, 5.41) is 2.91. The van der Waals surface area contributed by atoms with Crippen LogP contribution in [0.4, 0.5) is 5.69 Å². The molecule has 0 aliphatic heterocycles. The number of nitrogens with zero attached hydrogens (tertiary/aromatic N) is 2. The van der Waals surface area contributed by atoms with Gasteiger partial charge in [0.1, 0.15) is 0 Å². The fraction of sp³-hybridized carbons (Fsp3) is 0.667. The summed E-state index contributed by atoms with van der Waals surface area (Å²) < 4.78 is 26.4. The molecule has 0 bridgehead atoms. The van der Waals surface area contributed by atoms with Gasteiger partial charge < -0.3 is 5.32 Å². The lowest BCUT2D eigenvalue weighted by Crippen LogP contribution is -2.43. The van der Waals surface area contributed by atoms with Crippen LogP contribution in [0.2, 0.25) is 0 Å². The molecule has 0 radical (unpaired) electrons. The number of rotatable bonds is 10. The Morgan fingerprint density at radius 1 is 1.14 bits per heavy atom. The van der Waals surface area contributed by atoms with Crippen LogP contribution in [0.5, 0.6) is 0 Å². The summed E-state index contributed by atoms with van der Waals surface area (Å²) in [5.41, 5.74) is 0.614. The minimum absolute atomic E-state index is 0.0584. The minimum Gasteiger partial charge on any atom is -0.325 e. The second kappa shape index (κ2) is 9.37. The van der Waals surface area contributed by atoms with Crippen LogP contribution in [0.15, 0.2) is 29.2 Å². The van der Waals surface area contributed by atoms with Gasteiger partial charge in [-0.25, -0.2) is 8.42 Å². The number of hydrogen-bond donors (Lipinski definition) is 1. The van der Waals surface area contributed by atoms with Crippen molar-refractivity contribution in [3.8, 4) is 0 Å². The zero-order valence-corrected chi connectivity index (χ0v) is 18.8. The lowest BCUT2D eigenvalue weighted by Gasteiger charge is -2.32. The fourth-order valence-corrected chi connectivity index (χ4v) is 4.57. The molecule has 0 aromatic heterocycles. The standard InChI is InChI=1S/C21H35N3O3S/c1-7-16(4)17(5)24(19-10-11-19)14-21(25)22-18-8-12-20(13-9-18)28(26,27)23(6)15(2)3/h8-9,12-13,15-17,19H,7,10-11,14H2,1-6H3,(H,22,25). The Morgan fingerprint density at radius 2 is 1.71 bits per heavy atom.